The number of hydrogen-bond acceptors (Lipinski definition) is 6. The molecule has 1 aromatic carbocycles. The van der Waals surface area contributed by atoms with Crippen molar-refractivity contribution in [1.82, 2.24) is 10.2 Å². The highest BCUT2D eigenvalue weighted by molar-refractivity contribution is 7.98. The Labute approximate surface area is 174 Å². The van der Waals surface area contributed by atoms with Crippen molar-refractivity contribution >= 4 is 35.5 Å². The van der Waals surface area contributed by atoms with E-state index in [0.29, 0.717) is 5.75 Å². The van der Waals surface area contributed by atoms with Crippen molar-refractivity contribution in [2.45, 2.75) is 57.2 Å². The van der Waals surface area contributed by atoms with E-state index in [0.717, 1.165) is 30.6 Å². The summed E-state index contributed by atoms with van der Waals surface area (Å²) in [6, 6.07) is 5.56. The molecule has 0 unspecified atom stereocenters. The zero-order valence-electron chi connectivity index (χ0n) is 16.7. The topological polar surface area (TPSA) is 92.8 Å². The zero-order chi connectivity index (χ0) is 21.0. The number of imide groups is 1. The summed E-state index contributed by atoms with van der Waals surface area (Å²) in [7, 11) is 0. The zero-order valence-corrected chi connectivity index (χ0v) is 17.5. The molecule has 1 aliphatic heterocycles. The molecule has 1 saturated carbocycles. The highest BCUT2D eigenvalue weighted by Gasteiger charge is 2.43. The first kappa shape index (κ1) is 21.4. The van der Waals surface area contributed by atoms with Crippen LogP contribution < -0.4 is 5.32 Å². The van der Waals surface area contributed by atoms with Gasteiger partial charge >= 0.3 is 5.97 Å². The molecule has 3 amide bonds. The quantitative estimate of drug-likeness (QED) is 0.515. The van der Waals surface area contributed by atoms with Crippen molar-refractivity contribution in [1.29, 1.82) is 0 Å². The van der Waals surface area contributed by atoms with Crippen molar-refractivity contribution < 1.29 is 23.9 Å². The molecule has 3 rings (SSSR count). The lowest BCUT2D eigenvalue weighted by Gasteiger charge is -2.26. The lowest BCUT2D eigenvalue weighted by atomic mass is 10.1. The molecule has 0 saturated heterocycles. The van der Waals surface area contributed by atoms with E-state index < -0.39 is 29.9 Å². The minimum Gasteiger partial charge on any atom is -0.451 e. The molecule has 1 fully saturated rings. The van der Waals surface area contributed by atoms with Gasteiger partial charge in [0.25, 0.3) is 17.7 Å². The van der Waals surface area contributed by atoms with Crippen molar-refractivity contribution in [3.63, 3.8) is 0 Å². The third-order valence-corrected chi connectivity index (χ3v) is 6.01. The van der Waals surface area contributed by atoms with Gasteiger partial charge in [0, 0.05) is 6.04 Å². The summed E-state index contributed by atoms with van der Waals surface area (Å²) in [6.07, 6.45) is 5.17. The molecule has 1 aromatic rings. The van der Waals surface area contributed by atoms with Crippen molar-refractivity contribution in [3.8, 4) is 0 Å². The molecular weight excluding hydrogens is 392 g/mol. The third-order valence-electron chi connectivity index (χ3n) is 5.37. The van der Waals surface area contributed by atoms with Gasteiger partial charge in [0.15, 0.2) is 6.10 Å². The Morgan fingerprint density at radius 2 is 1.76 bits per heavy atom. The van der Waals surface area contributed by atoms with Crippen LogP contribution in [-0.4, -0.2) is 58.8 Å². The predicted octanol–water partition coefficient (Wildman–Crippen LogP) is 2.39. The van der Waals surface area contributed by atoms with Gasteiger partial charge in [0.05, 0.1) is 11.1 Å². The lowest BCUT2D eigenvalue weighted by Crippen LogP contribution is -2.48. The van der Waals surface area contributed by atoms with Crippen LogP contribution in [0.5, 0.6) is 0 Å². The Morgan fingerprint density at radius 3 is 2.31 bits per heavy atom. The van der Waals surface area contributed by atoms with Crippen molar-refractivity contribution in [2.24, 2.45) is 0 Å². The van der Waals surface area contributed by atoms with Gasteiger partial charge in [-0.3, -0.25) is 19.3 Å². The number of benzene rings is 1. The second kappa shape index (κ2) is 9.43. The van der Waals surface area contributed by atoms with E-state index in [4.69, 9.17) is 4.74 Å². The maximum atomic E-state index is 12.9. The van der Waals surface area contributed by atoms with Crippen molar-refractivity contribution in [2.75, 3.05) is 12.0 Å². The highest BCUT2D eigenvalue weighted by Crippen LogP contribution is 2.27. The molecule has 0 radical (unpaired) electrons. The maximum Gasteiger partial charge on any atom is 0.330 e. The Kier molecular flexibility index (Phi) is 6.95. The number of esters is 1. The van der Waals surface area contributed by atoms with E-state index in [1.165, 1.54) is 18.7 Å². The van der Waals surface area contributed by atoms with Gasteiger partial charge < -0.3 is 10.1 Å². The van der Waals surface area contributed by atoms with Crippen LogP contribution in [0.25, 0.3) is 0 Å². The first-order chi connectivity index (χ1) is 13.9. The summed E-state index contributed by atoms with van der Waals surface area (Å²) in [5.74, 6) is -1.53. The standard InChI is InChI=1S/C21H26N2O5S/c1-13(18(24)22-14-7-3-4-8-14)28-21(27)17(11-12-29-2)23-19(25)15-9-5-6-10-16(15)20(23)26/h5-6,9-10,13-14,17H,3-4,7-8,11-12H2,1-2H3,(H,22,24)/t13-,17-/m1/s1. The fourth-order valence-corrected chi connectivity index (χ4v) is 4.23. The number of thioether (sulfide) groups is 1. The van der Waals surface area contributed by atoms with Gasteiger partial charge in [-0.2, -0.15) is 11.8 Å². The van der Waals surface area contributed by atoms with E-state index in [-0.39, 0.29) is 29.5 Å². The molecular formula is C21H26N2O5S. The molecule has 156 valence electrons. The highest BCUT2D eigenvalue weighted by atomic mass is 32.2. The van der Waals surface area contributed by atoms with E-state index >= 15 is 0 Å². The summed E-state index contributed by atoms with van der Waals surface area (Å²) in [5, 5.41) is 2.90. The van der Waals surface area contributed by atoms with Gasteiger partial charge in [0.2, 0.25) is 0 Å². The van der Waals surface area contributed by atoms with Crippen LogP contribution in [0, 0.1) is 0 Å². The largest absolute Gasteiger partial charge is 0.451 e. The SMILES string of the molecule is CSCC[C@H](C(=O)O[C@H](C)C(=O)NC1CCCC1)N1C(=O)c2ccccc2C1=O. The molecule has 2 aliphatic rings. The van der Waals surface area contributed by atoms with Crippen LogP contribution in [0.4, 0.5) is 0 Å². The number of ether oxygens (including phenoxy) is 1. The van der Waals surface area contributed by atoms with Crippen LogP contribution in [0.15, 0.2) is 24.3 Å². The number of carbonyl (C=O) groups is 4. The van der Waals surface area contributed by atoms with Gasteiger partial charge in [-0.05, 0) is 50.3 Å². The second-order valence-corrected chi connectivity index (χ2v) is 8.38. The normalized spacial score (nSPS) is 18.5. The summed E-state index contributed by atoms with van der Waals surface area (Å²) in [6.45, 7) is 1.51. The van der Waals surface area contributed by atoms with Gasteiger partial charge in [-0.15, -0.1) is 0 Å². The molecule has 1 aliphatic carbocycles. The van der Waals surface area contributed by atoms with Crippen LogP contribution in [0.3, 0.4) is 0 Å². The first-order valence-electron chi connectivity index (χ1n) is 9.90. The molecule has 7 nitrogen and oxygen atoms in total. The molecule has 8 heteroatoms. The third kappa shape index (κ3) is 4.63. The van der Waals surface area contributed by atoms with Crippen LogP contribution in [0.1, 0.15) is 59.7 Å². The minimum absolute atomic E-state index is 0.118. The average Bonchev–Trinajstić information content (AvgIpc) is 3.30. The Balaban J connectivity index is 1.71. The first-order valence-corrected chi connectivity index (χ1v) is 11.3. The van der Waals surface area contributed by atoms with Gasteiger partial charge in [0.1, 0.15) is 6.04 Å². The Morgan fingerprint density at radius 1 is 1.17 bits per heavy atom. The summed E-state index contributed by atoms with van der Waals surface area (Å²) in [4.78, 5) is 51.8. The van der Waals surface area contributed by atoms with E-state index in [1.807, 2.05) is 6.26 Å². The number of fused-ring (bicyclic) bond motifs is 1. The number of nitrogens with one attached hydrogen (secondary N) is 1. The summed E-state index contributed by atoms with van der Waals surface area (Å²) in [5.41, 5.74) is 0.568. The molecule has 1 heterocycles. The van der Waals surface area contributed by atoms with Gasteiger partial charge in [-0.1, -0.05) is 25.0 Å². The fourth-order valence-electron chi connectivity index (χ4n) is 3.77. The van der Waals surface area contributed by atoms with Crippen LogP contribution in [-0.2, 0) is 14.3 Å². The number of hydrogen-bond donors (Lipinski definition) is 1. The monoisotopic (exact) mass is 418 g/mol. The minimum atomic E-state index is -1.06. The molecule has 2 atom stereocenters. The molecule has 0 bridgehead atoms. The van der Waals surface area contributed by atoms with Crippen LogP contribution in [0.2, 0.25) is 0 Å². The number of rotatable bonds is 8. The average molecular weight is 419 g/mol. The smallest absolute Gasteiger partial charge is 0.330 e. The predicted molar refractivity (Wildman–Crippen MR) is 110 cm³/mol. The maximum absolute atomic E-state index is 12.9. The number of nitrogens with zero attached hydrogens (tertiary/aromatic N) is 1. The summed E-state index contributed by atoms with van der Waals surface area (Å²) >= 11 is 1.50. The van der Waals surface area contributed by atoms with E-state index in [2.05, 4.69) is 5.32 Å². The fraction of sp³-hybridized carbons (Fsp3) is 0.524. The second-order valence-electron chi connectivity index (χ2n) is 7.39. The number of carbonyl (C=O) groups excluding carboxylic acids is 4. The number of amides is 3. The van der Waals surface area contributed by atoms with E-state index in [1.54, 1.807) is 24.3 Å². The molecule has 0 aromatic heterocycles. The molecule has 0 spiro atoms. The van der Waals surface area contributed by atoms with Crippen LogP contribution >= 0.6 is 11.8 Å². The van der Waals surface area contributed by atoms with E-state index in [9.17, 15) is 19.2 Å². The Bertz CT molecular complexity index is 771. The van der Waals surface area contributed by atoms with Gasteiger partial charge in [-0.25, -0.2) is 4.79 Å². The van der Waals surface area contributed by atoms with Crippen molar-refractivity contribution in [3.05, 3.63) is 35.4 Å². The lowest BCUT2D eigenvalue weighted by molar-refractivity contribution is -0.158. The molecule has 29 heavy (non-hydrogen) atoms. The Hall–Kier alpha value is -2.35. The summed E-state index contributed by atoms with van der Waals surface area (Å²) < 4.78 is 5.38. The molecule has 1 N–H and O–H groups in total.